The Kier molecular flexibility index (Phi) is 6.04. The van der Waals surface area contributed by atoms with E-state index in [4.69, 9.17) is 0 Å². The Morgan fingerprint density at radius 2 is 1.90 bits per heavy atom. The number of aromatic amines is 1. The van der Waals surface area contributed by atoms with Crippen LogP contribution in [0.3, 0.4) is 0 Å². The van der Waals surface area contributed by atoms with Gasteiger partial charge < -0.3 is 9.88 Å². The topological polar surface area (TPSA) is 99.6 Å². The zero-order chi connectivity index (χ0) is 16.0. The van der Waals surface area contributed by atoms with E-state index in [-0.39, 0.29) is 36.2 Å². The summed E-state index contributed by atoms with van der Waals surface area (Å²) in [5.41, 5.74) is 0.0176. The predicted molar refractivity (Wildman–Crippen MR) is 77.2 cm³/mol. The summed E-state index contributed by atoms with van der Waals surface area (Å²) in [6, 6.07) is 1.20. The molecular formula is C13H20N4O4. The van der Waals surface area contributed by atoms with Crippen LogP contribution >= 0.6 is 0 Å². The van der Waals surface area contributed by atoms with Crippen molar-refractivity contribution >= 4 is 17.4 Å². The Balaban J connectivity index is 2.57. The number of nitrogens with zero attached hydrogens (tertiary/aromatic N) is 3. The number of amides is 1. The number of aromatic nitrogens is 1. The van der Waals surface area contributed by atoms with Gasteiger partial charge in [0.25, 0.3) is 5.69 Å². The van der Waals surface area contributed by atoms with Crippen molar-refractivity contribution in [1.29, 1.82) is 0 Å². The van der Waals surface area contributed by atoms with E-state index in [1.54, 1.807) is 16.8 Å². The lowest BCUT2D eigenvalue weighted by atomic mass is 10.2. The fourth-order valence-corrected chi connectivity index (χ4v) is 1.94. The molecule has 1 aromatic rings. The van der Waals surface area contributed by atoms with Gasteiger partial charge in [-0.15, -0.1) is 0 Å². The van der Waals surface area contributed by atoms with Crippen molar-refractivity contribution in [2.45, 2.75) is 13.8 Å². The number of carbonyl (C=O) groups is 2. The molecule has 1 amide bonds. The van der Waals surface area contributed by atoms with Gasteiger partial charge in [-0.2, -0.15) is 0 Å². The van der Waals surface area contributed by atoms with Gasteiger partial charge in [-0.1, -0.05) is 0 Å². The van der Waals surface area contributed by atoms with E-state index in [0.717, 1.165) is 0 Å². The normalized spacial score (nSPS) is 10.7. The van der Waals surface area contributed by atoms with Crippen LogP contribution in [0, 0.1) is 10.1 Å². The third-order valence-electron chi connectivity index (χ3n) is 3.11. The molecule has 21 heavy (non-hydrogen) atoms. The van der Waals surface area contributed by atoms with Crippen LogP contribution in [0.25, 0.3) is 0 Å². The molecule has 1 aromatic heterocycles. The summed E-state index contributed by atoms with van der Waals surface area (Å²) < 4.78 is 0. The molecule has 0 spiro atoms. The minimum Gasteiger partial charge on any atom is -0.353 e. The van der Waals surface area contributed by atoms with E-state index < -0.39 is 4.92 Å². The highest BCUT2D eigenvalue weighted by atomic mass is 16.6. The molecule has 0 bridgehead atoms. The van der Waals surface area contributed by atoms with Crippen molar-refractivity contribution in [2.24, 2.45) is 0 Å². The van der Waals surface area contributed by atoms with Crippen LogP contribution in [0.4, 0.5) is 5.69 Å². The first-order valence-electron chi connectivity index (χ1n) is 6.71. The number of nitro groups is 1. The van der Waals surface area contributed by atoms with Gasteiger partial charge in [0.05, 0.1) is 29.9 Å². The summed E-state index contributed by atoms with van der Waals surface area (Å²) in [4.78, 5) is 39.7. The first-order valence-corrected chi connectivity index (χ1v) is 6.71. The van der Waals surface area contributed by atoms with Crippen LogP contribution in [-0.2, 0) is 4.79 Å². The van der Waals surface area contributed by atoms with Crippen LogP contribution in [0.5, 0.6) is 0 Å². The number of nitrogens with one attached hydrogen (secondary N) is 1. The van der Waals surface area contributed by atoms with Crippen LogP contribution in [0.1, 0.15) is 24.3 Å². The molecule has 8 heteroatoms. The molecule has 0 saturated heterocycles. The molecular weight excluding hydrogens is 276 g/mol. The molecule has 0 aliphatic heterocycles. The minimum absolute atomic E-state index is 0.0185. The van der Waals surface area contributed by atoms with Crippen molar-refractivity contribution in [3.8, 4) is 0 Å². The van der Waals surface area contributed by atoms with E-state index in [1.165, 1.54) is 12.3 Å². The maximum atomic E-state index is 12.0. The van der Waals surface area contributed by atoms with E-state index in [1.807, 2.05) is 13.8 Å². The molecule has 1 N–H and O–H groups in total. The van der Waals surface area contributed by atoms with E-state index >= 15 is 0 Å². The van der Waals surface area contributed by atoms with Crippen molar-refractivity contribution in [2.75, 3.05) is 33.2 Å². The van der Waals surface area contributed by atoms with Crippen molar-refractivity contribution in [3.05, 3.63) is 28.1 Å². The monoisotopic (exact) mass is 296 g/mol. The minimum atomic E-state index is -0.569. The first kappa shape index (κ1) is 16.8. The van der Waals surface area contributed by atoms with Crippen LogP contribution < -0.4 is 0 Å². The van der Waals surface area contributed by atoms with Gasteiger partial charge >= 0.3 is 0 Å². The fraction of sp³-hybridized carbons (Fsp3) is 0.538. The SMILES string of the molecule is CCN(CC)C(=O)CN(C)CC(=O)c1cc([N+](=O)[O-])c[nH]1. The molecule has 116 valence electrons. The average molecular weight is 296 g/mol. The molecule has 0 aromatic carbocycles. The van der Waals surface area contributed by atoms with Gasteiger partial charge in [-0.25, -0.2) is 0 Å². The molecule has 1 rings (SSSR count). The van der Waals surface area contributed by atoms with E-state index in [9.17, 15) is 19.7 Å². The number of Topliss-reactive ketones (excluding diaryl/α,β-unsaturated/α-hetero) is 1. The highest BCUT2D eigenvalue weighted by molar-refractivity contribution is 5.96. The number of likely N-dealkylation sites (N-methyl/N-ethyl adjacent to an activating group) is 2. The van der Waals surface area contributed by atoms with Crippen LogP contribution in [0.2, 0.25) is 0 Å². The maximum absolute atomic E-state index is 12.0. The van der Waals surface area contributed by atoms with Crippen LogP contribution in [-0.4, -0.2) is 64.6 Å². The van der Waals surface area contributed by atoms with Crippen molar-refractivity contribution in [3.63, 3.8) is 0 Å². The highest BCUT2D eigenvalue weighted by Gasteiger charge is 2.18. The Labute approximate surface area is 122 Å². The number of ketones is 1. The van der Waals surface area contributed by atoms with Gasteiger partial charge in [0.15, 0.2) is 5.78 Å². The molecule has 0 aliphatic carbocycles. The zero-order valence-corrected chi connectivity index (χ0v) is 12.5. The number of carbonyl (C=O) groups excluding carboxylic acids is 2. The van der Waals surface area contributed by atoms with E-state index in [0.29, 0.717) is 13.1 Å². The first-order chi connectivity index (χ1) is 9.88. The summed E-state index contributed by atoms with van der Waals surface area (Å²) in [5.74, 6) is -0.342. The Bertz CT molecular complexity index is 522. The Morgan fingerprint density at radius 1 is 1.29 bits per heavy atom. The summed E-state index contributed by atoms with van der Waals surface area (Å²) in [5, 5.41) is 10.6. The lowest BCUT2D eigenvalue weighted by molar-refractivity contribution is -0.384. The average Bonchev–Trinajstić information content (AvgIpc) is 2.89. The van der Waals surface area contributed by atoms with Crippen molar-refractivity contribution < 1.29 is 14.5 Å². The van der Waals surface area contributed by atoms with Crippen LogP contribution in [0.15, 0.2) is 12.3 Å². The van der Waals surface area contributed by atoms with Gasteiger partial charge in [0, 0.05) is 19.2 Å². The predicted octanol–water partition coefficient (Wildman–Crippen LogP) is 0.906. The number of hydrogen-bond acceptors (Lipinski definition) is 5. The summed E-state index contributed by atoms with van der Waals surface area (Å²) in [7, 11) is 1.66. The van der Waals surface area contributed by atoms with Crippen molar-refractivity contribution in [1.82, 2.24) is 14.8 Å². The lowest BCUT2D eigenvalue weighted by Crippen LogP contribution is -2.40. The van der Waals surface area contributed by atoms with Gasteiger partial charge in [0.2, 0.25) is 5.91 Å². The summed E-state index contributed by atoms with van der Waals surface area (Å²) >= 11 is 0. The lowest BCUT2D eigenvalue weighted by Gasteiger charge is -2.22. The number of hydrogen-bond donors (Lipinski definition) is 1. The second-order valence-corrected chi connectivity index (χ2v) is 4.69. The second-order valence-electron chi connectivity index (χ2n) is 4.69. The largest absolute Gasteiger partial charge is 0.353 e. The quantitative estimate of drug-likeness (QED) is 0.436. The van der Waals surface area contributed by atoms with Gasteiger partial charge in [-0.05, 0) is 20.9 Å². The molecule has 1 heterocycles. The standard InChI is InChI=1S/C13H20N4O4/c1-4-16(5-2)13(19)9-15(3)8-12(18)11-6-10(7-14-11)17(20)21/h6-7,14H,4-5,8-9H2,1-3H3. The summed E-state index contributed by atoms with van der Waals surface area (Å²) in [6.07, 6.45) is 1.17. The highest BCUT2D eigenvalue weighted by Crippen LogP contribution is 2.12. The molecule has 0 fully saturated rings. The molecule has 8 nitrogen and oxygen atoms in total. The van der Waals surface area contributed by atoms with E-state index in [2.05, 4.69) is 4.98 Å². The Hall–Kier alpha value is -2.22. The molecule has 0 atom stereocenters. The second kappa shape index (κ2) is 7.53. The molecule has 0 radical (unpaired) electrons. The fourth-order valence-electron chi connectivity index (χ4n) is 1.94. The maximum Gasteiger partial charge on any atom is 0.287 e. The molecule has 0 unspecified atom stereocenters. The summed E-state index contributed by atoms with van der Waals surface area (Å²) in [6.45, 7) is 5.19. The Morgan fingerprint density at radius 3 is 2.38 bits per heavy atom. The number of H-pyrrole nitrogens is 1. The smallest absolute Gasteiger partial charge is 0.287 e. The molecule has 0 saturated carbocycles. The zero-order valence-electron chi connectivity index (χ0n) is 12.5. The number of rotatable bonds is 8. The third-order valence-corrected chi connectivity index (χ3v) is 3.11. The van der Waals surface area contributed by atoms with Gasteiger partial charge in [0.1, 0.15) is 0 Å². The molecule has 0 aliphatic rings. The third kappa shape index (κ3) is 4.67. The van der Waals surface area contributed by atoms with Gasteiger partial charge in [-0.3, -0.25) is 24.6 Å².